The van der Waals surface area contributed by atoms with Crippen LogP contribution in [0.3, 0.4) is 0 Å². The van der Waals surface area contributed by atoms with Gasteiger partial charge in [0.15, 0.2) is 0 Å². The van der Waals surface area contributed by atoms with Crippen LogP contribution in [0.5, 0.6) is 0 Å². The molecule has 112 valence electrons. The number of amides is 2. The average Bonchev–Trinajstić information content (AvgIpc) is 2.54. The minimum Gasteiger partial charge on any atom is -0.268 e. The van der Waals surface area contributed by atoms with E-state index in [0.717, 1.165) is 18.8 Å². The van der Waals surface area contributed by atoms with Gasteiger partial charge in [-0.2, -0.15) is 0 Å². The number of carbonyl (C=O) groups is 2. The quantitative estimate of drug-likeness (QED) is 0.365. The SMILES string of the molecule is O=C1c2cccc3cc(Br)cc(c23)C(=O)N1c1ccc(I)cc1. The van der Waals surface area contributed by atoms with Crippen molar-refractivity contribution in [3.63, 3.8) is 0 Å². The highest BCUT2D eigenvalue weighted by Crippen LogP contribution is 2.34. The minimum absolute atomic E-state index is 0.281. The summed E-state index contributed by atoms with van der Waals surface area (Å²) in [6.07, 6.45) is 0. The lowest BCUT2D eigenvalue weighted by Gasteiger charge is -2.27. The number of imide groups is 1. The number of nitrogens with zero attached hydrogens (tertiary/aromatic N) is 1. The Balaban J connectivity index is 1.99. The Morgan fingerprint density at radius 2 is 1.57 bits per heavy atom. The van der Waals surface area contributed by atoms with Crippen molar-refractivity contribution in [2.45, 2.75) is 0 Å². The van der Waals surface area contributed by atoms with Crippen LogP contribution in [0.15, 0.2) is 59.1 Å². The number of hydrogen-bond acceptors (Lipinski definition) is 2. The molecule has 1 aliphatic rings. The number of rotatable bonds is 1. The summed E-state index contributed by atoms with van der Waals surface area (Å²) in [5.41, 5.74) is 1.69. The lowest BCUT2D eigenvalue weighted by Crippen LogP contribution is -2.40. The van der Waals surface area contributed by atoms with Crippen molar-refractivity contribution in [1.29, 1.82) is 0 Å². The molecule has 5 heteroatoms. The molecule has 3 aromatic rings. The molecule has 0 unspecified atom stereocenters. The molecule has 0 spiro atoms. The zero-order valence-corrected chi connectivity index (χ0v) is 15.5. The van der Waals surface area contributed by atoms with Gasteiger partial charge in [0.05, 0.1) is 11.3 Å². The van der Waals surface area contributed by atoms with Crippen molar-refractivity contribution >= 4 is 66.8 Å². The second kappa shape index (κ2) is 5.42. The summed E-state index contributed by atoms with van der Waals surface area (Å²) < 4.78 is 1.87. The Bertz CT molecular complexity index is 982. The van der Waals surface area contributed by atoms with E-state index in [2.05, 4.69) is 38.5 Å². The lowest BCUT2D eigenvalue weighted by molar-refractivity contribution is 0.0893. The van der Waals surface area contributed by atoms with E-state index in [4.69, 9.17) is 0 Å². The van der Waals surface area contributed by atoms with Gasteiger partial charge in [-0.25, -0.2) is 4.90 Å². The first kappa shape index (κ1) is 14.8. The summed E-state index contributed by atoms with van der Waals surface area (Å²) in [6.45, 7) is 0. The molecule has 0 aromatic heterocycles. The van der Waals surface area contributed by atoms with Crippen molar-refractivity contribution in [2.24, 2.45) is 0 Å². The fourth-order valence-corrected chi connectivity index (χ4v) is 3.73. The summed E-state index contributed by atoms with van der Waals surface area (Å²) in [5, 5.41) is 1.61. The number of hydrogen-bond donors (Lipinski definition) is 0. The zero-order chi connectivity index (χ0) is 16.1. The van der Waals surface area contributed by atoms with Crippen LogP contribution < -0.4 is 4.90 Å². The van der Waals surface area contributed by atoms with Crippen molar-refractivity contribution in [1.82, 2.24) is 0 Å². The molecule has 1 heterocycles. The molecule has 2 amide bonds. The van der Waals surface area contributed by atoms with Crippen LogP contribution in [0, 0.1) is 3.57 Å². The van der Waals surface area contributed by atoms with E-state index in [-0.39, 0.29) is 11.8 Å². The molecule has 0 atom stereocenters. The summed E-state index contributed by atoms with van der Waals surface area (Å²) >= 11 is 5.64. The van der Waals surface area contributed by atoms with E-state index in [1.807, 2.05) is 30.3 Å². The van der Waals surface area contributed by atoms with Crippen LogP contribution in [0.4, 0.5) is 5.69 Å². The van der Waals surface area contributed by atoms with Crippen molar-refractivity contribution < 1.29 is 9.59 Å². The topological polar surface area (TPSA) is 37.4 Å². The summed E-state index contributed by atoms with van der Waals surface area (Å²) in [7, 11) is 0. The highest BCUT2D eigenvalue weighted by Gasteiger charge is 2.34. The number of benzene rings is 3. The number of carbonyl (C=O) groups excluding carboxylic acids is 2. The fraction of sp³-hybridized carbons (Fsp3) is 0. The van der Waals surface area contributed by atoms with Crippen LogP contribution in [0.1, 0.15) is 20.7 Å². The van der Waals surface area contributed by atoms with Gasteiger partial charge in [0.2, 0.25) is 0 Å². The molecule has 1 aliphatic heterocycles. The first-order chi connectivity index (χ1) is 11.1. The molecule has 0 fully saturated rings. The maximum atomic E-state index is 12.9. The molecular weight excluding hydrogens is 469 g/mol. The number of anilines is 1. The van der Waals surface area contributed by atoms with Gasteiger partial charge in [-0.3, -0.25) is 9.59 Å². The molecule has 0 N–H and O–H groups in total. The number of halogens is 2. The Morgan fingerprint density at radius 3 is 2.30 bits per heavy atom. The van der Waals surface area contributed by atoms with E-state index in [1.54, 1.807) is 24.3 Å². The van der Waals surface area contributed by atoms with Crippen molar-refractivity contribution in [2.75, 3.05) is 4.90 Å². The molecule has 3 aromatic carbocycles. The Labute approximate surface area is 154 Å². The molecule has 4 rings (SSSR count). The van der Waals surface area contributed by atoms with Gasteiger partial charge in [0, 0.05) is 19.0 Å². The van der Waals surface area contributed by atoms with Gasteiger partial charge in [-0.15, -0.1) is 0 Å². The Morgan fingerprint density at radius 1 is 0.870 bits per heavy atom. The molecule has 0 bridgehead atoms. The summed E-state index contributed by atoms with van der Waals surface area (Å²) in [5.74, 6) is -0.571. The van der Waals surface area contributed by atoms with Crippen LogP contribution in [-0.4, -0.2) is 11.8 Å². The van der Waals surface area contributed by atoms with Gasteiger partial charge < -0.3 is 0 Å². The first-order valence-electron chi connectivity index (χ1n) is 6.93. The maximum Gasteiger partial charge on any atom is 0.266 e. The van der Waals surface area contributed by atoms with E-state index in [1.165, 1.54) is 4.90 Å². The predicted molar refractivity (Wildman–Crippen MR) is 102 cm³/mol. The van der Waals surface area contributed by atoms with Gasteiger partial charge in [-0.05, 0) is 70.4 Å². The van der Waals surface area contributed by atoms with Gasteiger partial charge >= 0.3 is 0 Å². The smallest absolute Gasteiger partial charge is 0.266 e. The molecule has 0 saturated heterocycles. The highest BCUT2D eigenvalue weighted by molar-refractivity contribution is 14.1. The van der Waals surface area contributed by atoms with Crippen LogP contribution in [0.2, 0.25) is 0 Å². The Kier molecular flexibility index (Phi) is 3.50. The van der Waals surface area contributed by atoms with E-state index in [0.29, 0.717) is 16.8 Å². The lowest BCUT2D eigenvalue weighted by atomic mass is 9.94. The average molecular weight is 478 g/mol. The highest BCUT2D eigenvalue weighted by atomic mass is 127. The van der Waals surface area contributed by atoms with Gasteiger partial charge in [-0.1, -0.05) is 28.1 Å². The zero-order valence-electron chi connectivity index (χ0n) is 11.7. The van der Waals surface area contributed by atoms with Crippen LogP contribution in [0.25, 0.3) is 10.8 Å². The van der Waals surface area contributed by atoms with Crippen molar-refractivity contribution in [3.8, 4) is 0 Å². The fourth-order valence-electron chi connectivity index (χ4n) is 2.90. The molecule has 0 saturated carbocycles. The second-order valence-electron chi connectivity index (χ2n) is 5.28. The summed E-state index contributed by atoms with van der Waals surface area (Å²) in [6, 6.07) is 16.6. The van der Waals surface area contributed by atoms with E-state index in [9.17, 15) is 9.59 Å². The molecule has 0 aliphatic carbocycles. The van der Waals surface area contributed by atoms with Crippen LogP contribution in [-0.2, 0) is 0 Å². The van der Waals surface area contributed by atoms with Gasteiger partial charge in [0.1, 0.15) is 0 Å². The minimum atomic E-state index is -0.291. The van der Waals surface area contributed by atoms with E-state index >= 15 is 0 Å². The molecule has 3 nitrogen and oxygen atoms in total. The normalized spacial score (nSPS) is 13.7. The molecule has 23 heavy (non-hydrogen) atoms. The predicted octanol–water partition coefficient (Wildman–Crippen LogP) is 5.01. The largest absolute Gasteiger partial charge is 0.268 e. The maximum absolute atomic E-state index is 12.9. The summed E-state index contributed by atoms with van der Waals surface area (Å²) in [4.78, 5) is 27.1. The van der Waals surface area contributed by atoms with E-state index < -0.39 is 0 Å². The first-order valence-corrected chi connectivity index (χ1v) is 8.80. The Hall–Kier alpha value is -1.73. The van der Waals surface area contributed by atoms with Crippen LogP contribution >= 0.6 is 38.5 Å². The second-order valence-corrected chi connectivity index (χ2v) is 7.44. The monoisotopic (exact) mass is 477 g/mol. The third-order valence-electron chi connectivity index (χ3n) is 3.89. The standard InChI is InChI=1S/C18H9BrINO2/c19-11-8-10-2-1-3-14-16(10)15(9-11)18(23)21(17(14)22)13-6-4-12(20)5-7-13/h1-9H. The third kappa shape index (κ3) is 2.30. The third-order valence-corrected chi connectivity index (χ3v) is 5.07. The van der Waals surface area contributed by atoms with Gasteiger partial charge in [0.25, 0.3) is 11.8 Å². The molecule has 0 radical (unpaired) electrons. The van der Waals surface area contributed by atoms with Crippen molar-refractivity contribution in [3.05, 3.63) is 73.8 Å². The molecular formula is C18H9BrINO2.